The molecule has 0 aromatic carbocycles. The van der Waals surface area contributed by atoms with E-state index in [1.54, 1.807) is 23.7 Å². The van der Waals surface area contributed by atoms with Crippen LogP contribution in [-0.2, 0) is 6.42 Å². The Morgan fingerprint density at radius 1 is 1.53 bits per heavy atom. The summed E-state index contributed by atoms with van der Waals surface area (Å²) < 4.78 is 0. The highest BCUT2D eigenvalue weighted by molar-refractivity contribution is 7.07. The molecule has 90 valence electrons. The van der Waals surface area contributed by atoms with E-state index >= 15 is 0 Å². The maximum absolute atomic E-state index is 6.12. The van der Waals surface area contributed by atoms with Crippen LogP contribution < -0.4 is 5.32 Å². The Kier molecular flexibility index (Phi) is 4.48. The molecule has 2 aromatic rings. The zero-order valence-corrected chi connectivity index (χ0v) is 11.1. The molecule has 0 spiro atoms. The summed E-state index contributed by atoms with van der Waals surface area (Å²) in [7, 11) is 0. The maximum atomic E-state index is 6.12. The van der Waals surface area contributed by atoms with Crippen molar-refractivity contribution in [2.45, 2.75) is 19.4 Å². The molecule has 1 unspecified atom stereocenters. The van der Waals surface area contributed by atoms with Gasteiger partial charge in [-0.25, -0.2) is 4.98 Å². The number of likely N-dealkylation sites (N-methyl/N-ethyl adjacent to an activating group) is 1. The molecule has 0 aliphatic rings. The fourth-order valence-electron chi connectivity index (χ4n) is 1.71. The molecular formula is C12H14ClN3S. The summed E-state index contributed by atoms with van der Waals surface area (Å²) in [6, 6.07) is 2.17. The van der Waals surface area contributed by atoms with E-state index in [1.807, 2.05) is 11.6 Å². The highest BCUT2D eigenvalue weighted by atomic mass is 35.5. The van der Waals surface area contributed by atoms with Gasteiger partial charge in [-0.3, -0.25) is 4.98 Å². The normalized spacial score (nSPS) is 12.6. The molecule has 2 rings (SSSR count). The Bertz CT molecular complexity index is 459. The Morgan fingerprint density at radius 2 is 2.41 bits per heavy atom. The molecule has 2 aromatic heterocycles. The average molecular weight is 268 g/mol. The van der Waals surface area contributed by atoms with Crippen LogP contribution in [0.2, 0.25) is 5.02 Å². The SMILES string of the molecule is CCNC(Cc1ccncc1Cl)c1cscn1. The first kappa shape index (κ1) is 12.5. The van der Waals surface area contributed by atoms with Crippen molar-refractivity contribution < 1.29 is 0 Å². The van der Waals surface area contributed by atoms with Gasteiger partial charge in [-0.2, -0.15) is 0 Å². The second kappa shape index (κ2) is 6.10. The minimum atomic E-state index is 0.214. The molecule has 3 nitrogen and oxygen atoms in total. The van der Waals surface area contributed by atoms with E-state index in [1.165, 1.54) is 0 Å². The van der Waals surface area contributed by atoms with Crippen molar-refractivity contribution in [1.82, 2.24) is 15.3 Å². The topological polar surface area (TPSA) is 37.8 Å². The lowest BCUT2D eigenvalue weighted by atomic mass is 10.1. The van der Waals surface area contributed by atoms with Crippen LogP contribution in [0.15, 0.2) is 29.4 Å². The van der Waals surface area contributed by atoms with Crippen molar-refractivity contribution in [1.29, 1.82) is 0 Å². The molecule has 2 heterocycles. The third-order valence-electron chi connectivity index (χ3n) is 2.54. The van der Waals surface area contributed by atoms with Crippen molar-refractivity contribution in [2.24, 2.45) is 0 Å². The number of halogens is 1. The number of aromatic nitrogens is 2. The number of nitrogens with zero attached hydrogens (tertiary/aromatic N) is 2. The third kappa shape index (κ3) is 3.25. The summed E-state index contributed by atoms with van der Waals surface area (Å²) in [5, 5.41) is 6.21. The summed E-state index contributed by atoms with van der Waals surface area (Å²) in [6.07, 6.45) is 4.28. The molecular weight excluding hydrogens is 254 g/mol. The Hall–Kier alpha value is -0.970. The van der Waals surface area contributed by atoms with E-state index in [9.17, 15) is 0 Å². The largest absolute Gasteiger partial charge is 0.309 e. The first-order valence-corrected chi connectivity index (χ1v) is 6.83. The quantitative estimate of drug-likeness (QED) is 0.905. The van der Waals surface area contributed by atoms with Crippen molar-refractivity contribution >= 4 is 22.9 Å². The van der Waals surface area contributed by atoms with Gasteiger partial charge in [0.1, 0.15) is 0 Å². The minimum absolute atomic E-state index is 0.214. The predicted molar refractivity (Wildman–Crippen MR) is 71.5 cm³/mol. The smallest absolute Gasteiger partial charge is 0.0795 e. The maximum Gasteiger partial charge on any atom is 0.0795 e. The zero-order chi connectivity index (χ0) is 12.1. The number of hydrogen-bond acceptors (Lipinski definition) is 4. The third-order valence-corrected chi connectivity index (χ3v) is 3.48. The number of thiazole rings is 1. The number of rotatable bonds is 5. The van der Waals surface area contributed by atoms with E-state index < -0.39 is 0 Å². The molecule has 5 heteroatoms. The predicted octanol–water partition coefficient (Wildman–Crippen LogP) is 3.08. The summed E-state index contributed by atoms with van der Waals surface area (Å²) in [6.45, 7) is 3.00. The molecule has 0 aliphatic heterocycles. The van der Waals surface area contributed by atoms with Crippen LogP contribution in [0.3, 0.4) is 0 Å². The molecule has 0 saturated heterocycles. The second-order valence-electron chi connectivity index (χ2n) is 3.69. The van der Waals surface area contributed by atoms with Crippen LogP contribution in [0.5, 0.6) is 0 Å². The van der Waals surface area contributed by atoms with E-state index in [4.69, 9.17) is 11.6 Å². The van der Waals surface area contributed by atoms with Crippen LogP contribution in [0.25, 0.3) is 0 Å². The molecule has 0 amide bonds. The van der Waals surface area contributed by atoms with Crippen LogP contribution in [-0.4, -0.2) is 16.5 Å². The van der Waals surface area contributed by atoms with Crippen molar-refractivity contribution in [3.63, 3.8) is 0 Å². The highest BCUT2D eigenvalue weighted by Gasteiger charge is 2.14. The van der Waals surface area contributed by atoms with Crippen molar-refractivity contribution in [3.05, 3.63) is 45.6 Å². The summed E-state index contributed by atoms with van der Waals surface area (Å²) in [5.74, 6) is 0. The van der Waals surface area contributed by atoms with Crippen LogP contribution >= 0.6 is 22.9 Å². The molecule has 0 bridgehead atoms. The van der Waals surface area contributed by atoms with Gasteiger partial charge < -0.3 is 5.32 Å². The Labute approximate surface area is 110 Å². The first-order chi connectivity index (χ1) is 8.31. The average Bonchev–Trinajstić information content (AvgIpc) is 2.85. The van der Waals surface area contributed by atoms with E-state index in [0.29, 0.717) is 5.02 Å². The molecule has 1 N–H and O–H groups in total. The standard InChI is InChI=1S/C12H14ClN3S/c1-2-15-11(12-7-17-8-16-12)5-9-3-4-14-6-10(9)13/h3-4,6-8,11,15H,2,5H2,1H3. The fraction of sp³-hybridized carbons (Fsp3) is 0.333. The number of pyridine rings is 1. The van der Waals surface area contributed by atoms with Gasteiger partial charge in [-0.1, -0.05) is 18.5 Å². The molecule has 0 saturated carbocycles. The highest BCUT2D eigenvalue weighted by Crippen LogP contribution is 2.22. The molecule has 1 atom stereocenters. The molecule has 0 fully saturated rings. The lowest BCUT2D eigenvalue weighted by Gasteiger charge is -2.16. The number of nitrogens with one attached hydrogen (secondary N) is 1. The second-order valence-corrected chi connectivity index (χ2v) is 4.82. The Morgan fingerprint density at radius 3 is 3.06 bits per heavy atom. The van der Waals surface area contributed by atoms with Gasteiger partial charge in [0.15, 0.2) is 0 Å². The van der Waals surface area contributed by atoms with Gasteiger partial charge in [0.2, 0.25) is 0 Å². The molecule has 17 heavy (non-hydrogen) atoms. The summed E-state index contributed by atoms with van der Waals surface area (Å²) in [5.41, 5.74) is 4.03. The fourth-order valence-corrected chi connectivity index (χ4v) is 2.52. The van der Waals surface area contributed by atoms with Crippen molar-refractivity contribution in [3.8, 4) is 0 Å². The van der Waals surface area contributed by atoms with E-state index in [-0.39, 0.29) is 6.04 Å². The van der Waals surface area contributed by atoms with Gasteiger partial charge >= 0.3 is 0 Å². The van der Waals surface area contributed by atoms with Gasteiger partial charge in [0.05, 0.1) is 22.3 Å². The molecule has 0 aliphatic carbocycles. The van der Waals surface area contributed by atoms with Gasteiger partial charge in [-0.15, -0.1) is 11.3 Å². The summed E-state index contributed by atoms with van der Waals surface area (Å²) in [4.78, 5) is 8.35. The monoisotopic (exact) mass is 267 g/mol. The summed E-state index contributed by atoms with van der Waals surface area (Å²) >= 11 is 7.73. The van der Waals surface area contributed by atoms with Crippen LogP contribution in [0, 0.1) is 0 Å². The van der Waals surface area contributed by atoms with Crippen molar-refractivity contribution in [2.75, 3.05) is 6.54 Å². The van der Waals surface area contributed by atoms with Gasteiger partial charge in [-0.05, 0) is 24.6 Å². The minimum Gasteiger partial charge on any atom is -0.309 e. The Balaban J connectivity index is 2.16. The van der Waals surface area contributed by atoms with E-state index in [2.05, 4.69) is 27.6 Å². The zero-order valence-electron chi connectivity index (χ0n) is 9.56. The van der Waals surface area contributed by atoms with Crippen LogP contribution in [0.1, 0.15) is 24.2 Å². The number of hydrogen-bond donors (Lipinski definition) is 1. The van der Waals surface area contributed by atoms with Gasteiger partial charge in [0.25, 0.3) is 0 Å². The van der Waals surface area contributed by atoms with Crippen LogP contribution in [0.4, 0.5) is 0 Å². The molecule has 0 radical (unpaired) electrons. The lowest BCUT2D eigenvalue weighted by Crippen LogP contribution is -2.23. The van der Waals surface area contributed by atoms with Gasteiger partial charge in [0, 0.05) is 17.8 Å². The van der Waals surface area contributed by atoms with E-state index in [0.717, 1.165) is 24.2 Å². The first-order valence-electron chi connectivity index (χ1n) is 5.51. The lowest BCUT2D eigenvalue weighted by molar-refractivity contribution is 0.539.